The second kappa shape index (κ2) is 7.59. The van der Waals surface area contributed by atoms with Crippen LogP contribution < -0.4 is 5.32 Å². The molecule has 1 N–H and O–H groups in total. The van der Waals surface area contributed by atoms with Crippen molar-refractivity contribution < 1.29 is 13.6 Å². The fraction of sp³-hybridized carbons (Fsp3) is 0.158. The molecule has 3 aromatic heterocycles. The van der Waals surface area contributed by atoms with Crippen LogP contribution in [0.4, 0.5) is 14.6 Å². The summed E-state index contributed by atoms with van der Waals surface area (Å²) in [7, 11) is 0. The molecule has 4 rings (SSSR count). The third-order valence-corrected chi connectivity index (χ3v) is 4.49. The molecule has 10 heteroatoms. The number of alkyl halides is 2. The number of halogens is 3. The molecule has 29 heavy (non-hydrogen) atoms. The predicted octanol–water partition coefficient (Wildman–Crippen LogP) is 4.13. The lowest BCUT2D eigenvalue weighted by Crippen LogP contribution is -2.13. The van der Waals surface area contributed by atoms with Crippen LogP contribution in [0.2, 0.25) is 5.02 Å². The molecule has 1 amide bonds. The molecule has 0 saturated heterocycles. The topological polar surface area (TPSA) is 77.1 Å². The Bertz CT molecular complexity index is 1190. The van der Waals surface area contributed by atoms with E-state index in [9.17, 15) is 13.6 Å². The first kappa shape index (κ1) is 19.0. The average molecular weight is 417 g/mol. The van der Waals surface area contributed by atoms with Crippen molar-refractivity contribution in [1.29, 1.82) is 0 Å². The zero-order valence-corrected chi connectivity index (χ0v) is 15.9. The number of amides is 1. The number of nitrogens with one attached hydrogen (secondary N) is 1. The quantitative estimate of drug-likeness (QED) is 0.530. The number of aromatic nitrogens is 5. The number of hydrogen-bond donors (Lipinski definition) is 1. The minimum atomic E-state index is -2.74. The van der Waals surface area contributed by atoms with Gasteiger partial charge in [0.05, 0.1) is 12.7 Å². The third-order valence-electron chi connectivity index (χ3n) is 4.24. The normalized spacial score (nSPS) is 11.3. The first-order valence-electron chi connectivity index (χ1n) is 8.63. The minimum Gasteiger partial charge on any atom is -0.305 e. The largest absolute Gasteiger partial charge is 0.305 e. The van der Waals surface area contributed by atoms with Gasteiger partial charge in [0.15, 0.2) is 11.5 Å². The van der Waals surface area contributed by atoms with E-state index in [0.717, 1.165) is 10.1 Å². The zero-order valence-electron chi connectivity index (χ0n) is 15.2. The number of carbonyl (C=O) groups is 1. The number of nitrogens with zero attached hydrogens (tertiary/aromatic N) is 5. The summed E-state index contributed by atoms with van der Waals surface area (Å²) >= 11 is 5.88. The second-order valence-electron chi connectivity index (χ2n) is 6.40. The minimum absolute atomic E-state index is 0.0680. The molecular weight excluding hydrogens is 402 g/mol. The molecule has 0 spiro atoms. The Balaban J connectivity index is 1.54. The van der Waals surface area contributed by atoms with Crippen LogP contribution in [0.15, 0.2) is 48.8 Å². The van der Waals surface area contributed by atoms with Gasteiger partial charge in [-0.25, -0.2) is 18.3 Å². The maximum absolute atomic E-state index is 13.2. The number of rotatable bonds is 5. The molecule has 0 aliphatic heterocycles. The summed E-state index contributed by atoms with van der Waals surface area (Å²) < 4.78 is 29.1. The van der Waals surface area contributed by atoms with Crippen LogP contribution in [0.25, 0.3) is 5.65 Å². The standard InChI is InChI=1S/C19H15ClF2N6O/c1-11-8-15(17(21)22)28-18(24-11)14(9-23-28)19(29)25-16-6-7-27(26-16)10-12-2-4-13(20)5-3-12/h2-9,17H,10H2,1H3,(H,25,26,29). The van der Waals surface area contributed by atoms with Crippen LogP contribution in [-0.4, -0.2) is 30.3 Å². The highest BCUT2D eigenvalue weighted by molar-refractivity contribution is 6.30. The van der Waals surface area contributed by atoms with Crippen LogP contribution in [0.5, 0.6) is 0 Å². The van der Waals surface area contributed by atoms with Gasteiger partial charge < -0.3 is 5.32 Å². The van der Waals surface area contributed by atoms with Gasteiger partial charge in [-0.15, -0.1) is 0 Å². The average Bonchev–Trinajstić information content (AvgIpc) is 3.29. The second-order valence-corrected chi connectivity index (χ2v) is 6.83. The maximum atomic E-state index is 13.2. The Labute approximate surface area is 168 Å². The van der Waals surface area contributed by atoms with Gasteiger partial charge in [-0.05, 0) is 30.7 Å². The summed E-state index contributed by atoms with van der Waals surface area (Å²) in [5.41, 5.74) is 1.20. The number of benzene rings is 1. The molecule has 0 aliphatic rings. The molecule has 0 bridgehead atoms. The van der Waals surface area contributed by atoms with Crippen LogP contribution in [-0.2, 0) is 6.54 Å². The van der Waals surface area contributed by atoms with Crippen molar-refractivity contribution in [2.45, 2.75) is 19.9 Å². The van der Waals surface area contributed by atoms with Crippen molar-refractivity contribution >= 4 is 29.0 Å². The van der Waals surface area contributed by atoms with Crippen LogP contribution in [0.1, 0.15) is 33.7 Å². The summed E-state index contributed by atoms with van der Waals surface area (Å²) in [6.07, 6.45) is 0.198. The van der Waals surface area contributed by atoms with Gasteiger partial charge in [-0.1, -0.05) is 23.7 Å². The molecule has 0 radical (unpaired) electrons. The highest BCUT2D eigenvalue weighted by atomic mass is 35.5. The SMILES string of the molecule is Cc1cc(C(F)F)n2ncc(C(=O)Nc3ccn(Cc4ccc(Cl)cc4)n3)c2n1. The first-order chi connectivity index (χ1) is 13.9. The van der Waals surface area contributed by atoms with Crippen molar-refractivity contribution in [2.24, 2.45) is 0 Å². The summed E-state index contributed by atoms with van der Waals surface area (Å²) in [6, 6.07) is 10.2. The van der Waals surface area contributed by atoms with E-state index in [1.807, 2.05) is 12.1 Å². The highest BCUT2D eigenvalue weighted by Gasteiger charge is 2.20. The lowest BCUT2D eigenvalue weighted by Gasteiger charge is -2.06. The number of fused-ring (bicyclic) bond motifs is 1. The van der Waals surface area contributed by atoms with Gasteiger partial charge in [-0.2, -0.15) is 10.2 Å². The van der Waals surface area contributed by atoms with Gasteiger partial charge in [0.1, 0.15) is 11.3 Å². The van der Waals surface area contributed by atoms with Gasteiger partial charge in [0, 0.05) is 23.0 Å². The Hall–Kier alpha value is -3.33. The maximum Gasteiger partial charge on any atom is 0.280 e. The van der Waals surface area contributed by atoms with Crippen molar-refractivity contribution in [1.82, 2.24) is 24.4 Å². The van der Waals surface area contributed by atoms with E-state index in [1.165, 1.54) is 12.3 Å². The van der Waals surface area contributed by atoms with Crippen molar-refractivity contribution in [3.8, 4) is 0 Å². The molecule has 0 saturated carbocycles. The van der Waals surface area contributed by atoms with Gasteiger partial charge >= 0.3 is 0 Å². The smallest absolute Gasteiger partial charge is 0.280 e. The molecule has 0 atom stereocenters. The lowest BCUT2D eigenvalue weighted by atomic mass is 10.2. The Morgan fingerprint density at radius 3 is 2.72 bits per heavy atom. The predicted molar refractivity (Wildman–Crippen MR) is 103 cm³/mol. The molecule has 7 nitrogen and oxygen atoms in total. The van der Waals surface area contributed by atoms with E-state index >= 15 is 0 Å². The molecule has 0 aliphatic carbocycles. The van der Waals surface area contributed by atoms with E-state index in [4.69, 9.17) is 11.6 Å². The number of hydrogen-bond acceptors (Lipinski definition) is 4. The van der Waals surface area contributed by atoms with E-state index in [2.05, 4.69) is 20.5 Å². The molecule has 0 fully saturated rings. The highest BCUT2D eigenvalue weighted by Crippen LogP contribution is 2.22. The molecule has 3 heterocycles. The van der Waals surface area contributed by atoms with Crippen molar-refractivity contribution in [3.63, 3.8) is 0 Å². The third kappa shape index (κ3) is 3.95. The number of carbonyl (C=O) groups excluding carboxylic acids is 1. The zero-order chi connectivity index (χ0) is 20.5. The molecule has 148 valence electrons. The fourth-order valence-corrected chi connectivity index (χ4v) is 3.03. The summed E-state index contributed by atoms with van der Waals surface area (Å²) in [4.78, 5) is 16.8. The van der Waals surface area contributed by atoms with Crippen LogP contribution in [0.3, 0.4) is 0 Å². The lowest BCUT2D eigenvalue weighted by molar-refractivity contribution is 0.102. The van der Waals surface area contributed by atoms with E-state index in [-0.39, 0.29) is 16.9 Å². The van der Waals surface area contributed by atoms with Crippen molar-refractivity contribution in [2.75, 3.05) is 5.32 Å². The van der Waals surface area contributed by atoms with Crippen LogP contribution in [0, 0.1) is 6.92 Å². The number of aryl methyl sites for hydroxylation is 1. The Morgan fingerprint density at radius 2 is 2.00 bits per heavy atom. The number of anilines is 1. The van der Waals surface area contributed by atoms with E-state index in [1.54, 1.807) is 36.0 Å². The Kier molecular flexibility index (Phi) is 4.98. The van der Waals surface area contributed by atoms with Crippen molar-refractivity contribution in [3.05, 3.63) is 76.3 Å². The van der Waals surface area contributed by atoms with Gasteiger partial charge in [-0.3, -0.25) is 9.48 Å². The summed E-state index contributed by atoms with van der Waals surface area (Å²) in [5, 5.41) is 11.5. The van der Waals surface area contributed by atoms with Gasteiger partial charge in [0.2, 0.25) is 0 Å². The first-order valence-corrected chi connectivity index (χ1v) is 9.01. The Morgan fingerprint density at radius 1 is 1.24 bits per heavy atom. The van der Waals surface area contributed by atoms with Gasteiger partial charge in [0.25, 0.3) is 12.3 Å². The molecule has 4 aromatic rings. The monoisotopic (exact) mass is 416 g/mol. The molecular formula is C19H15ClF2N6O. The van der Waals surface area contributed by atoms with E-state index in [0.29, 0.717) is 23.1 Å². The summed E-state index contributed by atoms with van der Waals surface area (Å²) in [5.74, 6) is -0.208. The van der Waals surface area contributed by atoms with Crippen LogP contribution >= 0.6 is 11.6 Å². The van der Waals surface area contributed by atoms with E-state index < -0.39 is 12.3 Å². The molecule has 0 unspecified atom stereocenters. The summed E-state index contributed by atoms with van der Waals surface area (Å²) in [6.45, 7) is 2.08. The fourth-order valence-electron chi connectivity index (χ4n) is 2.91. The molecule has 1 aromatic carbocycles.